The van der Waals surface area contributed by atoms with E-state index in [1.54, 1.807) is 23.1 Å². The first kappa shape index (κ1) is 47.7. The third-order valence-electron chi connectivity index (χ3n) is 22.5. The van der Waals surface area contributed by atoms with Crippen LogP contribution >= 0.6 is 21.6 Å². The van der Waals surface area contributed by atoms with E-state index in [9.17, 15) is 40.9 Å². The Kier molecular flexibility index (Phi) is 10.8. The van der Waals surface area contributed by atoms with Crippen LogP contribution in [0, 0.1) is 73.9 Å². The molecule has 7 fully saturated rings. The van der Waals surface area contributed by atoms with Gasteiger partial charge >= 0.3 is 0 Å². The lowest BCUT2D eigenvalue weighted by atomic mass is 9.39. The quantitative estimate of drug-likeness (QED) is 0.0989. The highest BCUT2D eigenvalue weighted by Crippen LogP contribution is 2.78. The second kappa shape index (κ2) is 15.6. The summed E-state index contributed by atoms with van der Waals surface area (Å²) in [7, 11) is 2.56. The van der Waals surface area contributed by atoms with Gasteiger partial charge in [-0.2, -0.15) is 0 Å². The fourth-order valence-corrected chi connectivity index (χ4v) is 22.1. The molecule has 8 bridgehead atoms. The van der Waals surface area contributed by atoms with Crippen LogP contribution in [0.25, 0.3) is 0 Å². The van der Waals surface area contributed by atoms with Crippen molar-refractivity contribution in [1.82, 2.24) is 0 Å². The molecule has 69 heavy (non-hydrogen) atoms. The molecule has 2 saturated heterocycles. The summed E-state index contributed by atoms with van der Waals surface area (Å²) in [5.41, 5.74) is -9.31. The second-order valence-electron chi connectivity index (χ2n) is 24.8. The molecule has 5 aliphatic heterocycles. The van der Waals surface area contributed by atoms with E-state index in [2.05, 4.69) is 45.1 Å². The average molecular weight is 988 g/mol. The van der Waals surface area contributed by atoms with Gasteiger partial charge in [-0.15, -0.1) is 0 Å². The van der Waals surface area contributed by atoms with Gasteiger partial charge in [-0.05, 0) is 147 Å². The molecular formula is C55H73NO11S2. The van der Waals surface area contributed by atoms with Crippen LogP contribution in [0.5, 0.6) is 5.75 Å². The summed E-state index contributed by atoms with van der Waals surface area (Å²) in [5, 5.41) is 99.5. The zero-order valence-electron chi connectivity index (χ0n) is 40.5. The van der Waals surface area contributed by atoms with Crippen molar-refractivity contribution in [2.24, 2.45) is 73.9 Å². The van der Waals surface area contributed by atoms with Gasteiger partial charge in [0.15, 0.2) is 5.78 Å². The lowest BCUT2D eigenvalue weighted by molar-refractivity contribution is -0.206. The summed E-state index contributed by atoms with van der Waals surface area (Å²) >= 11 is 0. The van der Waals surface area contributed by atoms with Crippen LogP contribution < -0.4 is 4.90 Å². The van der Waals surface area contributed by atoms with Crippen LogP contribution in [0.3, 0.4) is 0 Å². The number of ether oxygens (including phenoxy) is 1. The number of allylic oxidation sites excluding steroid dienone is 3. The highest BCUT2D eigenvalue weighted by molar-refractivity contribution is 8.76. The first-order chi connectivity index (χ1) is 32.8. The number of anilines is 1. The molecule has 0 radical (unpaired) electrons. The van der Waals surface area contributed by atoms with Crippen molar-refractivity contribution in [3.63, 3.8) is 0 Å². The molecule has 0 aromatic heterocycles. The van der Waals surface area contributed by atoms with Crippen LogP contribution in [0.15, 0.2) is 54.2 Å². The zero-order chi connectivity index (χ0) is 48.6. The third-order valence-corrected chi connectivity index (χ3v) is 25.1. The zero-order valence-corrected chi connectivity index (χ0v) is 42.1. The average Bonchev–Trinajstić information content (AvgIpc) is 3.90. The van der Waals surface area contributed by atoms with Crippen molar-refractivity contribution >= 4 is 39.0 Å². The number of aromatic hydroxyl groups is 1. The number of phenolic OH excluding ortho intramolecular Hbond substituents is 1. The number of carbonyl (C=O) groups is 2. The number of aliphatic hydroxyl groups is 7. The number of nitrogens with zero attached hydrogens (tertiary/aromatic N) is 1. The Labute approximate surface area is 413 Å². The van der Waals surface area contributed by atoms with Crippen LogP contribution in [0.1, 0.15) is 110 Å². The Bertz CT molecular complexity index is 2430. The van der Waals surface area contributed by atoms with Crippen LogP contribution in [0.4, 0.5) is 5.69 Å². The van der Waals surface area contributed by atoms with Crippen molar-refractivity contribution < 1.29 is 55.2 Å². The number of hydrogen-bond donors (Lipinski definition) is 8. The van der Waals surface area contributed by atoms with Gasteiger partial charge in [-0.3, -0.25) is 9.59 Å². The van der Waals surface area contributed by atoms with Gasteiger partial charge in [0.25, 0.3) is 0 Å². The third kappa shape index (κ3) is 5.69. The smallest absolute Gasteiger partial charge is 0.235 e. The number of fused-ring (bicyclic) bond motifs is 1. The van der Waals surface area contributed by atoms with E-state index in [1.165, 1.54) is 21.6 Å². The van der Waals surface area contributed by atoms with Crippen molar-refractivity contribution in [3.8, 4) is 5.75 Å². The first-order valence-corrected chi connectivity index (χ1v) is 28.6. The number of carbonyl (C=O) groups excluding carboxylic acids is 2. The van der Waals surface area contributed by atoms with Crippen LogP contribution in [-0.4, -0.2) is 119 Å². The van der Waals surface area contributed by atoms with E-state index in [-0.39, 0.29) is 79.6 Å². The highest BCUT2D eigenvalue weighted by atomic mass is 33.1. The monoisotopic (exact) mass is 987 g/mol. The molecular weight excluding hydrogens is 915 g/mol. The predicted molar refractivity (Wildman–Crippen MR) is 262 cm³/mol. The van der Waals surface area contributed by atoms with Crippen LogP contribution in [-0.2, 0) is 20.7 Å². The molecule has 20 atom stereocenters. The molecule has 20 unspecified atom stereocenters. The molecule has 8 N–H and O–H groups in total. The van der Waals surface area contributed by atoms with Gasteiger partial charge in [0.2, 0.25) is 5.91 Å². The van der Waals surface area contributed by atoms with Gasteiger partial charge in [-0.25, -0.2) is 0 Å². The molecule has 14 heteroatoms. The Morgan fingerprint density at radius 3 is 2.46 bits per heavy atom. The fourth-order valence-electron chi connectivity index (χ4n) is 19.1. The minimum absolute atomic E-state index is 0.0150. The molecule has 8 aliphatic carbocycles. The van der Waals surface area contributed by atoms with E-state index in [4.69, 9.17) is 4.74 Å². The summed E-state index contributed by atoms with van der Waals surface area (Å²) in [5.74, 6) is -1.45. The Hall–Kier alpha value is -2.24. The Balaban J connectivity index is 1.06. The first-order valence-electron chi connectivity index (χ1n) is 26.3. The molecule has 1 amide bonds. The van der Waals surface area contributed by atoms with Gasteiger partial charge < -0.3 is 50.5 Å². The van der Waals surface area contributed by atoms with E-state index < -0.39 is 85.4 Å². The molecule has 4 spiro atoms. The standard InChI is InChI=1S/C55H73NO11S2/c1-29(2)30(3)44-45(67-44)53(65)15-6-7-33-21-37-38-23-43(62)51(25-40(60)39(59)24-48(37,51)4)47(64)69-68-26-34-8-5-14-49(28-57)16-12-32-9-10-42(61)52(32)27-56(46(63)55(34,49)52)35-19-31(20-36(58)22-35)11-17-50(33)41(53)13-18-54(38,50)66/h6-7,12,16,19-20,22-23,29-30,32-34,37,39-42,44-45,47,57-61,64-66H,5,8-11,13-15,17-18,21,24-28H2,1-4H3. The SMILES string of the molecule is CC(C)C(C)C1OC1C1(O)CC=CC2CC3C4=CC(=O)C5(CC(O)C(O)CC35C)C(O)SSCC3CCCC5(CO)C=CC6CCC(O)C67CN(C(=O)C357)c3cc(O)cc(c3)CCC23C1CCC43O. The molecule has 1 aromatic carbocycles. The number of aliphatic hydroxyl groups excluding tert-OH is 5. The molecule has 5 heterocycles. The molecule has 13 aliphatic rings. The minimum Gasteiger partial charge on any atom is -0.508 e. The summed E-state index contributed by atoms with van der Waals surface area (Å²) in [6.45, 7) is 8.38. The molecule has 14 rings (SSSR count). The van der Waals surface area contributed by atoms with Gasteiger partial charge in [0.05, 0.1) is 47.5 Å². The normalized spacial score (nSPS) is 52.0. The van der Waals surface area contributed by atoms with E-state index in [1.807, 2.05) is 13.0 Å². The van der Waals surface area contributed by atoms with Crippen molar-refractivity contribution in [2.75, 3.05) is 23.8 Å². The van der Waals surface area contributed by atoms with Gasteiger partial charge in [-0.1, -0.05) is 80.0 Å². The fraction of sp³-hybridized carbons (Fsp3) is 0.745. The lowest BCUT2D eigenvalue weighted by Crippen LogP contribution is -2.70. The Morgan fingerprint density at radius 2 is 1.70 bits per heavy atom. The maximum absolute atomic E-state index is 16.1. The van der Waals surface area contributed by atoms with Gasteiger partial charge in [0.1, 0.15) is 22.9 Å². The largest absolute Gasteiger partial charge is 0.508 e. The van der Waals surface area contributed by atoms with Crippen molar-refractivity contribution in [3.05, 3.63) is 59.7 Å². The summed E-state index contributed by atoms with van der Waals surface area (Å²) in [6.07, 6.45) is 11.4. The van der Waals surface area contributed by atoms with Gasteiger partial charge in [0, 0.05) is 46.2 Å². The summed E-state index contributed by atoms with van der Waals surface area (Å²) < 4.78 is 6.51. The number of rotatable bonds is 4. The predicted octanol–water partition coefficient (Wildman–Crippen LogP) is 6.01. The molecule has 12 nitrogen and oxygen atoms in total. The summed E-state index contributed by atoms with van der Waals surface area (Å²) in [6, 6.07) is 5.33. The second-order valence-corrected chi connectivity index (χ2v) is 27.3. The number of ketones is 1. The maximum Gasteiger partial charge on any atom is 0.235 e. The topological polar surface area (TPSA) is 212 Å². The highest BCUT2D eigenvalue weighted by Gasteiger charge is 2.81. The van der Waals surface area contributed by atoms with E-state index in [0.717, 1.165) is 12.0 Å². The minimum atomic E-state index is -1.61. The van der Waals surface area contributed by atoms with Crippen molar-refractivity contribution in [2.45, 2.75) is 158 Å². The number of phenols is 1. The Morgan fingerprint density at radius 1 is 0.913 bits per heavy atom. The van der Waals surface area contributed by atoms with E-state index in [0.29, 0.717) is 80.7 Å². The number of epoxide rings is 1. The van der Waals surface area contributed by atoms with Crippen LogP contribution in [0.2, 0.25) is 0 Å². The van der Waals surface area contributed by atoms with Crippen molar-refractivity contribution in [1.29, 1.82) is 0 Å². The molecule has 1 aromatic rings. The van der Waals surface area contributed by atoms with E-state index >= 15 is 9.59 Å². The maximum atomic E-state index is 16.1. The molecule has 5 saturated carbocycles. The lowest BCUT2D eigenvalue weighted by Gasteiger charge is -2.67. The number of amides is 1. The number of hydrogen-bond acceptors (Lipinski definition) is 13. The number of benzene rings is 1. The molecule has 376 valence electrons. The number of aryl methyl sites for hydroxylation is 1. The summed E-state index contributed by atoms with van der Waals surface area (Å²) in [4.78, 5) is 33.5.